The van der Waals surface area contributed by atoms with Gasteiger partial charge in [0.1, 0.15) is 0 Å². The van der Waals surface area contributed by atoms with Gasteiger partial charge in [0.05, 0.1) is 37.0 Å². The summed E-state index contributed by atoms with van der Waals surface area (Å²) in [6, 6.07) is 0. The molecule has 0 amide bonds. The van der Waals surface area contributed by atoms with Gasteiger partial charge in [0.15, 0.2) is 0 Å². The standard InChI is InChI=1S/3C5H6O3.CH4/c3*1-3-2-4(6)8-5(3)7;/h3*3H,2H2,1H3;1H4/t2*3-;;/m10../s1. The average molecular weight is 358 g/mol. The van der Waals surface area contributed by atoms with E-state index in [2.05, 4.69) is 14.2 Å². The lowest BCUT2D eigenvalue weighted by Gasteiger charge is -1.86. The van der Waals surface area contributed by atoms with Crippen LogP contribution in [0.15, 0.2) is 0 Å². The van der Waals surface area contributed by atoms with Gasteiger partial charge in [-0.15, -0.1) is 0 Å². The maximum absolute atomic E-state index is 10.3. The second-order valence-electron chi connectivity index (χ2n) is 5.69. The quantitative estimate of drug-likeness (QED) is 0.352. The van der Waals surface area contributed by atoms with Gasteiger partial charge in [0, 0.05) is 0 Å². The molecule has 1 unspecified atom stereocenters. The van der Waals surface area contributed by atoms with Gasteiger partial charge in [-0.25, -0.2) is 0 Å². The van der Waals surface area contributed by atoms with Crippen molar-refractivity contribution in [3.63, 3.8) is 0 Å². The highest BCUT2D eigenvalue weighted by Gasteiger charge is 2.30. The average Bonchev–Trinajstić information content (AvgIpc) is 3.01. The van der Waals surface area contributed by atoms with Crippen molar-refractivity contribution in [3.05, 3.63) is 0 Å². The normalized spacial score (nSPS) is 27.2. The van der Waals surface area contributed by atoms with Crippen molar-refractivity contribution in [1.29, 1.82) is 0 Å². The molecule has 9 nitrogen and oxygen atoms in total. The molecular weight excluding hydrogens is 336 g/mol. The predicted molar refractivity (Wildman–Crippen MR) is 81.4 cm³/mol. The number of carbonyl (C=O) groups is 6. The molecule has 140 valence electrons. The second kappa shape index (κ2) is 9.65. The summed E-state index contributed by atoms with van der Waals surface area (Å²) >= 11 is 0. The monoisotopic (exact) mass is 358 g/mol. The SMILES string of the molecule is C.CC1CC(=O)OC1=O.C[C@@H]1CC(=O)OC1=O.C[C@H]1CC(=O)OC1=O. The highest BCUT2D eigenvalue weighted by Crippen LogP contribution is 2.14. The first-order chi connectivity index (χ1) is 11.1. The fourth-order valence-electron chi connectivity index (χ4n) is 1.76. The molecule has 0 aromatic heterocycles. The fourth-order valence-corrected chi connectivity index (χ4v) is 1.76. The predicted octanol–water partition coefficient (Wildman–Crippen LogP) is 0.924. The highest BCUT2D eigenvalue weighted by atomic mass is 16.6. The van der Waals surface area contributed by atoms with E-state index in [4.69, 9.17) is 0 Å². The van der Waals surface area contributed by atoms with Crippen LogP contribution in [0.25, 0.3) is 0 Å². The molecule has 3 rings (SSSR count). The van der Waals surface area contributed by atoms with Gasteiger partial charge < -0.3 is 14.2 Å². The minimum Gasteiger partial charge on any atom is -0.393 e. The zero-order chi connectivity index (χ0) is 18.4. The van der Waals surface area contributed by atoms with Crippen LogP contribution in [-0.2, 0) is 43.0 Å². The van der Waals surface area contributed by atoms with Crippen molar-refractivity contribution in [2.45, 2.75) is 47.5 Å². The Bertz CT molecular complexity index is 497. The van der Waals surface area contributed by atoms with E-state index >= 15 is 0 Å². The van der Waals surface area contributed by atoms with E-state index in [1.807, 2.05) is 0 Å². The van der Waals surface area contributed by atoms with Gasteiger partial charge in [-0.2, -0.15) is 0 Å². The van der Waals surface area contributed by atoms with Gasteiger partial charge in [-0.3, -0.25) is 28.8 Å². The van der Waals surface area contributed by atoms with E-state index in [0.717, 1.165) is 0 Å². The molecule has 25 heavy (non-hydrogen) atoms. The molecule has 0 spiro atoms. The number of carbonyl (C=O) groups excluding carboxylic acids is 6. The van der Waals surface area contributed by atoms with E-state index in [0.29, 0.717) is 0 Å². The molecule has 3 fully saturated rings. The molecule has 3 aliphatic rings. The molecule has 0 N–H and O–H groups in total. The number of rotatable bonds is 0. The number of esters is 6. The van der Waals surface area contributed by atoms with Crippen molar-refractivity contribution in [2.24, 2.45) is 17.8 Å². The number of hydrogen-bond donors (Lipinski definition) is 0. The Morgan fingerprint density at radius 3 is 0.800 bits per heavy atom. The van der Waals surface area contributed by atoms with Crippen LogP contribution in [0.4, 0.5) is 0 Å². The number of ether oxygens (including phenoxy) is 3. The van der Waals surface area contributed by atoms with Gasteiger partial charge >= 0.3 is 35.8 Å². The summed E-state index contributed by atoms with van der Waals surface area (Å²) in [6.07, 6.45) is 0.747. The van der Waals surface area contributed by atoms with Crippen LogP contribution < -0.4 is 0 Å². The van der Waals surface area contributed by atoms with E-state index < -0.39 is 35.8 Å². The van der Waals surface area contributed by atoms with E-state index in [-0.39, 0.29) is 44.4 Å². The topological polar surface area (TPSA) is 130 Å². The molecule has 0 bridgehead atoms. The highest BCUT2D eigenvalue weighted by molar-refractivity contribution is 5.95. The van der Waals surface area contributed by atoms with Crippen molar-refractivity contribution in [2.75, 3.05) is 0 Å². The lowest BCUT2D eigenvalue weighted by Crippen LogP contribution is -2.01. The Kier molecular flexibility index (Phi) is 8.66. The van der Waals surface area contributed by atoms with E-state index in [1.54, 1.807) is 20.8 Å². The van der Waals surface area contributed by atoms with Gasteiger partial charge in [-0.05, 0) is 0 Å². The molecule has 0 aromatic rings. The second-order valence-corrected chi connectivity index (χ2v) is 5.69. The summed E-state index contributed by atoms with van der Waals surface area (Å²) in [5, 5.41) is 0. The van der Waals surface area contributed by atoms with Gasteiger partial charge in [0.2, 0.25) is 0 Å². The third-order valence-corrected chi connectivity index (χ3v) is 3.27. The summed E-state index contributed by atoms with van der Waals surface area (Å²) in [5.41, 5.74) is 0. The first-order valence-corrected chi connectivity index (χ1v) is 7.33. The van der Waals surface area contributed by atoms with E-state index in [1.165, 1.54) is 0 Å². The molecule has 3 aliphatic heterocycles. The van der Waals surface area contributed by atoms with Crippen LogP contribution in [0.1, 0.15) is 47.5 Å². The zero-order valence-corrected chi connectivity index (χ0v) is 13.5. The lowest BCUT2D eigenvalue weighted by atomic mass is 10.1. The van der Waals surface area contributed by atoms with Crippen molar-refractivity contribution in [1.82, 2.24) is 0 Å². The van der Waals surface area contributed by atoms with Crippen LogP contribution in [-0.4, -0.2) is 35.8 Å². The van der Waals surface area contributed by atoms with Crippen LogP contribution in [0.2, 0.25) is 0 Å². The summed E-state index contributed by atoms with van der Waals surface area (Å²) in [5.74, 6) is -3.04. The van der Waals surface area contributed by atoms with Crippen LogP contribution >= 0.6 is 0 Å². The molecule has 0 aliphatic carbocycles. The summed E-state index contributed by atoms with van der Waals surface area (Å²) in [4.78, 5) is 61.7. The minimum atomic E-state index is -0.400. The third-order valence-electron chi connectivity index (χ3n) is 3.27. The Labute approximate surface area is 145 Å². The van der Waals surface area contributed by atoms with E-state index in [9.17, 15) is 28.8 Å². The van der Waals surface area contributed by atoms with Crippen molar-refractivity contribution in [3.8, 4) is 0 Å². The molecule has 3 atom stereocenters. The zero-order valence-electron chi connectivity index (χ0n) is 13.5. The Hall–Kier alpha value is -2.58. The molecule has 3 heterocycles. The van der Waals surface area contributed by atoms with Crippen LogP contribution in [0.5, 0.6) is 0 Å². The first-order valence-electron chi connectivity index (χ1n) is 7.33. The minimum absolute atomic E-state index is 0. The van der Waals surface area contributed by atoms with Crippen molar-refractivity contribution < 1.29 is 43.0 Å². The van der Waals surface area contributed by atoms with Gasteiger partial charge in [0.25, 0.3) is 0 Å². The largest absolute Gasteiger partial charge is 0.393 e. The molecule has 3 saturated heterocycles. The maximum atomic E-state index is 10.3. The number of hydrogen-bond acceptors (Lipinski definition) is 9. The molecule has 9 heteroatoms. The summed E-state index contributed by atoms with van der Waals surface area (Å²) in [6.45, 7) is 5.02. The van der Waals surface area contributed by atoms with Crippen LogP contribution in [0.3, 0.4) is 0 Å². The smallest absolute Gasteiger partial charge is 0.316 e. The van der Waals surface area contributed by atoms with Crippen LogP contribution in [0, 0.1) is 17.8 Å². The molecule has 0 radical (unpaired) electrons. The Morgan fingerprint density at radius 1 is 0.560 bits per heavy atom. The molecule has 0 aromatic carbocycles. The Balaban J connectivity index is 0.000000339. The lowest BCUT2D eigenvalue weighted by molar-refractivity contribution is -0.154. The molecular formula is C16H22O9. The first kappa shape index (κ1) is 22.4. The van der Waals surface area contributed by atoms with Crippen molar-refractivity contribution >= 4 is 35.8 Å². The fraction of sp³-hybridized carbons (Fsp3) is 0.625. The summed E-state index contributed by atoms with van der Waals surface area (Å²) in [7, 11) is 0. The van der Waals surface area contributed by atoms with Gasteiger partial charge in [-0.1, -0.05) is 28.2 Å². The third kappa shape index (κ3) is 7.23. The summed E-state index contributed by atoms with van der Waals surface area (Å²) < 4.78 is 12.6. The number of cyclic esters (lactones) is 6. The maximum Gasteiger partial charge on any atom is 0.316 e. The Morgan fingerprint density at radius 2 is 0.760 bits per heavy atom. The molecule has 0 saturated carbocycles.